The summed E-state index contributed by atoms with van der Waals surface area (Å²) in [7, 11) is 0. The van der Waals surface area contributed by atoms with Crippen LogP contribution in [0.4, 0.5) is 0 Å². The van der Waals surface area contributed by atoms with Crippen LogP contribution in [0.5, 0.6) is 0 Å². The number of fused-ring (bicyclic) bond motifs is 1. The molecule has 0 spiro atoms. The summed E-state index contributed by atoms with van der Waals surface area (Å²) >= 11 is 12.0. The van der Waals surface area contributed by atoms with Crippen molar-refractivity contribution >= 4 is 61.9 Å². The number of aromatic nitrogens is 6. The van der Waals surface area contributed by atoms with Crippen molar-refractivity contribution < 1.29 is 14.3 Å². The number of H-pyrrole nitrogens is 1. The average molecular weight is 678 g/mol. The van der Waals surface area contributed by atoms with Crippen LogP contribution in [-0.4, -0.2) is 41.3 Å². The van der Waals surface area contributed by atoms with Crippen molar-refractivity contribution in [2.45, 2.75) is 39.2 Å². The summed E-state index contributed by atoms with van der Waals surface area (Å²) in [5, 5.41) is 27.5. The van der Waals surface area contributed by atoms with Gasteiger partial charge >= 0.3 is 5.97 Å². The van der Waals surface area contributed by atoms with E-state index in [9.17, 15) is 9.90 Å². The van der Waals surface area contributed by atoms with Crippen LogP contribution in [0.15, 0.2) is 74.4 Å². The molecule has 0 saturated heterocycles. The molecule has 2 aromatic carbocycles. The number of hydrogen-bond acceptors (Lipinski definition) is 7. The molecule has 4 heterocycles. The van der Waals surface area contributed by atoms with Gasteiger partial charge in [-0.15, -0.1) is 16.4 Å². The molecule has 12 heteroatoms. The van der Waals surface area contributed by atoms with Crippen LogP contribution in [-0.2, 0) is 24.2 Å². The van der Waals surface area contributed by atoms with Gasteiger partial charge in [0.25, 0.3) is 0 Å². The Morgan fingerprint density at radius 1 is 1.19 bits per heavy atom. The number of carboxylic acid groups (broad SMARTS) is 1. The van der Waals surface area contributed by atoms with Crippen molar-refractivity contribution in [2.75, 3.05) is 0 Å². The number of aromatic amines is 1. The Bertz CT molecular complexity index is 1930. The fraction of sp³-hybridized carbons (Fsp3) is 0.194. The van der Waals surface area contributed by atoms with E-state index in [1.54, 1.807) is 6.08 Å². The van der Waals surface area contributed by atoms with Crippen molar-refractivity contribution in [3.05, 3.63) is 97.1 Å². The lowest BCUT2D eigenvalue weighted by atomic mass is 10.0. The average Bonchev–Trinajstić information content (AvgIpc) is 3.82. The lowest BCUT2D eigenvalue weighted by Crippen LogP contribution is -2.09. The molecule has 0 aliphatic carbocycles. The standard InChI is InChI=1S/C31H26BrClN6O3S/c1-2-3-10-26-34-29(33)24(16-19(31(40)41)15-20-7-6-13-43-20)39(26)17-18-11-12-25-23(14-18)27(32)28(42-25)21-8-4-5-9-22(21)30-35-37-38-36-30/h4-9,11-14,16H,2-3,10,15,17H2,1H3,(H,40,41)(H,35,36,37,38). The Morgan fingerprint density at radius 2 is 2.02 bits per heavy atom. The van der Waals surface area contributed by atoms with Gasteiger partial charge in [-0.1, -0.05) is 61.3 Å². The van der Waals surface area contributed by atoms with Gasteiger partial charge in [-0.2, -0.15) is 0 Å². The Balaban J connectivity index is 1.40. The van der Waals surface area contributed by atoms with E-state index in [0.29, 0.717) is 35.4 Å². The van der Waals surface area contributed by atoms with Crippen molar-refractivity contribution in [3.63, 3.8) is 0 Å². The highest BCUT2D eigenvalue weighted by Crippen LogP contribution is 2.41. The molecule has 0 atom stereocenters. The third-order valence-electron chi connectivity index (χ3n) is 7.13. The molecule has 6 rings (SSSR count). The first kappa shape index (κ1) is 29.0. The summed E-state index contributed by atoms with van der Waals surface area (Å²) in [4.78, 5) is 17.9. The minimum absolute atomic E-state index is 0.255. The van der Waals surface area contributed by atoms with E-state index in [-0.39, 0.29) is 5.57 Å². The number of nitrogens with zero attached hydrogens (tertiary/aromatic N) is 5. The highest BCUT2D eigenvalue weighted by atomic mass is 79.9. The third kappa shape index (κ3) is 6.06. The molecule has 0 fully saturated rings. The SMILES string of the molecule is CCCCc1nc(Cl)c(C=C(Cc2cccs2)C(=O)O)n1Cc1ccc2oc(-c3ccccc3-c3nnn[nH]3)c(Br)c2c1. The number of carboxylic acids is 1. The number of imidazole rings is 1. The summed E-state index contributed by atoms with van der Waals surface area (Å²) in [6.45, 7) is 2.58. The summed E-state index contributed by atoms with van der Waals surface area (Å²) < 4.78 is 9.15. The Labute approximate surface area is 264 Å². The number of aliphatic carboxylic acids is 1. The quantitative estimate of drug-likeness (QED) is 0.133. The highest BCUT2D eigenvalue weighted by molar-refractivity contribution is 9.10. The van der Waals surface area contributed by atoms with Crippen molar-refractivity contribution in [1.29, 1.82) is 0 Å². The largest absolute Gasteiger partial charge is 0.478 e. The van der Waals surface area contributed by atoms with Crippen LogP contribution >= 0.6 is 38.9 Å². The van der Waals surface area contributed by atoms with E-state index in [1.807, 2.05) is 58.5 Å². The van der Waals surface area contributed by atoms with Gasteiger partial charge in [-0.3, -0.25) is 0 Å². The lowest BCUT2D eigenvalue weighted by Gasteiger charge is -2.12. The van der Waals surface area contributed by atoms with Crippen LogP contribution in [0.3, 0.4) is 0 Å². The normalized spacial score (nSPS) is 11.9. The molecule has 0 bridgehead atoms. The molecular weight excluding hydrogens is 652 g/mol. The van der Waals surface area contributed by atoms with E-state index in [0.717, 1.165) is 62.1 Å². The number of halogens is 2. The molecule has 9 nitrogen and oxygen atoms in total. The molecular formula is C31H26BrClN6O3S. The number of carbonyl (C=O) groups is 1. The molecule has 0 saturated carbocycles. The summed E-state index contributed by atoms with van der Waals surface area (Å²) in [5.41, 5.74) is 4.21. The first-order chi connectivity index (χ1) is 20.9. The molecule has 0 aliphatic heterocycles. The van der Waals surface area contributed by atoms with E-state index in [4.69, 9.17) is 16.0 Å². The smallest absolute Gasteiger partial charge is 0.332 e. The Hall–Kier alpha value is -4.06. The monoisotopic (exact) mass is 676 g/mol. The van der Waals surface area contributed by atoms with E-state index >= 15 is 0 Å². The number of benzene rings is 2. The molecule has 0 amide bonds. The molecule has 0 aliphatic rings. The molecule has 218 valence electrons. The maximum atomic E-state index is 12.2. The van der Waals surface area contributed by atoms with Gasteiger partial charge in [0.05, 0.1) is 10.2 Å². The molecule has 0 unspecified atom stereocenters. The predicted octanol–water partition coefficient (Wildman–Crippen LogP) is 8.06. The van der Waals surface area contributed by atoms with Crippen LogP contribution in [0.2, 0.25) is 5.15 Å². The van der Waals surface area contributed by atoms with Crippen molar-refractivity contribution in [2.24, 2.45) is 0 Å². The number of unbranched alkanes of at least 4 members (excludes halogenated alkanes) is 1. The number of hydrogen-bond donors (Lipinski definition) is 2. The lowest BCUT2D eigenvalue weighted by molar-refractivity contribution is -0.132. The number of aryl methyl sites for hydroxylation is 1. The van der Waals surface area contributed by atoms with Gasteiger partial charge in [0, 0.05) is 46.3 Å². The fourth-order valence-electron chi connectivity index (χ4n) is 5.01. The molecule has 2 N–H and O–H groups in total. The summed E-state index contributed by atoms with van der Waals surface area (Å²) in [6, 6.07) is 17.6. The van der Waals surface area contributed by atoms with E-state index in [2.05, 4.69) is 54.5 Å². The summed E-state index contributed by atoms with van der Waals surface area (Å²) in [6.07, 6.45) is 4.63. The van der Waals surface area contributed by atoms with Gasteiger partial charge in [0.15, 0.2) is 11.0 Å². The number of tetrazole rings is 1. The minimum atomic E-state index is -0.981. The first-order valence-corrected chi connectivity index (χ1v) is 15.7. The van der Waals surface area contributed by atoms with Gasteiger partial charge in [0.2, 0.25) is 0 Å². The van der Waals surface area contributed by atoms with Gasteiger partial charge in [-0.25, -0.2) is 14.9 Å². The predicted molar refractivity (Wildman–Crippen MR) is 171 cm³/mol. The zero-order chi connectivity index (χ0) is 29.9. The second kappa shape index (κ2) is 12.7. The van der Waals surface area contributed by atoms with Gasteiger partial charge in [-0.05, 0) is 68.0 Å². The Kier molecular flexibility index (Phi) is 8.55. The number of nitrogens with one attached hydrogen (secondary N) is 1. The maximum absolute atomic E-state index is 12.2. The molecule has 4 aromatic heterocycles. The maximum Gasteiger partial charge on any atom is 0.332 e. The topological polar surface area (TPSA) is 123 Å². The van der Waals surface area contributed by atoms with Crippen molar-refractivity contribution in [3.8, 4) is 22.7 Å². The molecule has 43 heavy (non-hydrogen) atoms. The van der Waals surface area contributed by atoms with Gasteiger partial charge in [0.1, 0.15) is 17.2 Å². The van der Waals surface area contributed by atoms with Crippen LogP contribution in [0.25, 0.3) is 39.8 Å². The van der Waals surface area contributed by atoms with E-state index < -0.39 is 5.97 Å². The van der Waals surface area contributed by atoms with Gasteiger partial charge < -0.3 is 14.1 Å². The Morgan fingerprint density at radius 3 is 2.74 bits per heavy atom. The second-order valence-electron chi connectivity index (χ2n) is 10.00. The molecule has 0 radical (unpaired) electrons. The first-order valence-electron chi connectivity index (χ1n) is 13.7. The number of rotatable bonds is 11. The number of thiophene rings is 1. The third-order valence-corrected chi connectivity index (χ3v) is 9.07. The van der Waals surface area contributed by atoms with Crippen molar-refractivity contribution in [1.82, 2.24) is 30.2 Å². The summed E-state index contributed by atoms with van der Waals surface area (Å²) in [5.74, 6) is 1.04. The van der Waals surface area contributed by atoms with Crippen LogP contribution in [0.1, 0.15) is 41.7 Å². The molecule has 6 aromatic rings. The fourth-order valence-corrected chi connectivity index (χ4v) is 6.59. The second-order valence-corrected chi connectivity index (χ2v) is 12.2. The van der Waals surface area contributed by atoms with Crippen LogP contribution in [0, 0.1) is 0 Å². The van der Waals surface area contributed by atoms with Crippen LogP contribution < -0.4 is 0 Å². The van der Waals surface area contributed by atoms with E-state index in [1.165, 1.54) is 11.3 Å². The minimum Gasteiger partial charge on any atom is -0.478 e. The number of furan rings is 1. The highest BCUT2D eigenvalue weighted by Gasteiger charge is 2.21. The zero-order valence-corrected chi connectivity index (χ0v) is 26.2. The zero-order valence-electron chi connectivity index (χ0n) is 23.1.